The number of halogens is 4. The molecule has 2 atom stereocenters. The van der Waals surface area contributed by atoms with Gasteiger partial charge >= 0.3 is 0 Å². The van der Waals surface area contributed by atoms with Crippen molar-refractivity contribution in [2.24, 2.45) is 11.7 Å². The molecule has 0 radical (unpaired) electrons. The molecule has 1 aromatic carbocycles. The average Bonchev–Trinajstić information content (AvgIpc) is 2.62. The van der Waals surface area contributed by atoms with E-state index in [0.717, 1.165) is 64.1 Å². The number of nitrogens with two attached hydrogens (primary N) is 1. The molecular formula is C20H34Cl3FN4O. The van der Waals surface area contributed by atoms with Crippen LogP contribution in [-0.2, 0) is 4.79 Å². The molecular weight excluding hydrogens is 438 g/mol. The van der Waals surface area contributed by atoms with E-state index in [1.165, 1.54) is 12.1 Å². The van der Waals surface area contributed by atoms with Gasteiger partial charge < -0.3 is 16.0 Å². The summed E-state index contributed by atoms with van der Waals surface area (Å²) in [6.07, 6.45) is 4.04. The molecule has 9 heteroatoms. The first-order valence-electron chi connectivity index (χ1n) is 9.75. The number of anilines is 1. The fraction of sp³-hybridized carbons (Fsp3) is 0.650. The zero-order valence-electron chi connectivity index (χ0n) is 16.9. The molecule has 2 unspecified atom stereocenters. The van der Waals surface area contributed by atoms with Gasteiger partial charge in [-0.15, -0.1) is 37.2 Å². The topological polar surface area (TPSA) is 61.6 Å². The largest absolute Gasteiger partial charge is 0.369 e. The van der Waals surface area contributed by atoms with Crippen LogP contribution in [0.1, 0.15) is 32.6 Å². The van der Waals surface area contributed by atoms with Crippen molar-refractivity contribution in [2.45, 2.75) is 38.1 Å². The Morgan fingerprint density at radius 2 is 1.76 bits per heavy atom. The van der Waals surface area contributed by atoms with Crippen molar-refractivity contribution in [2.75, 3.05) is 44.2 Å². The van der Waals surface area contributed by atoms with E-state index >= 15 is 0 Å². The standard InChI is InChI=1S/C20H31FN4O.3ClH/c1-20(22)9-3-2-4-18(20)19(26)23-10-11-24-12-14-25(15-13-24)17-7-5-16(21)6-8-17;;;/h5-8,18H,2-4,9-15,22H2,1H3,(H,23,26);3*1H. The van der Waals surface area contributed by atoms with Gasteiger partial charge in [0.1, 0.15) is 5.82 Å². The Morgan fingerprint density at radius 3 is 2.34 bits per heavy atom. The average molecular weight is 472 g/mol. The minimum Gasteiger partial charge on any atom is -0.369 e. The van der Waals surface area contributed by atoms with Gasteiger partial charge in [0.25, 0.3) is 0 Å². The predicted molar refractivity (Wildman–Crippen MR) is 124 cm³/mol. The third kappa shape index (κ3) is 7.76. The van der Waals surface area contributed by atoms with Crippen LogP contribution in [0.15, 0.2) is 24.3 Å². The predicted octanol–water partition coefficient (Wildman–Crippen LogP) is 3.24. The highest BCUT2D eigenvalue weighted by molar-refractivity contribution is 5.86. The number of hydrogen-bond acceptors (Lipinski definition) is 4. The van der Waals surface area contributed by atoms with Gasteiger partial charge in [-0.25, -0.2) is 4.39 Å². The van der Waals surface area contributed by atoms with Gasteiger partial charge in [-0.1, -0.05) is 12.8 Å². The number of nitrogens with zero attached hydrogens (tertiary/aromatic N) is 2. The third-order valence-electron chi connectivity index (χ3n) is 5.86. The molecule has 1 aliphatic heterocycles. The van der Waals surface area contributed by atoms with E-state index in [-0.39, 0.29) is 60.4 Å². The van der Waals surface area contributed by atoms with Crippen molar-refractivity contribution in [3.63, 3.8) is 0 Å². The van der Waals surface area contributed by atoms with Gasteiger partial charge in [-0.05, 0) is 44.0 Å². The molecule has 1 amide bonds. The normalized spacial score (nSPS) is 24.5. The van der Waals surface area contributed by atoms with Crippen LogP contribution in [0.3, 0.4) is 0 Å². The Morgan fingerprint density at radius 1 is 1.14 bits per heavy atom. The highest BCUT2D eigenvalue weighted by atomic mass is 35.5. The van der Waals surface area contributed by atoms with Crippen molar-refractivity contribution >= 4 is 48.8 Å². The van der Waals surface area contributed by atoms with Crippen LogP contribution in [-0.4, -0.2) is 55.6 Å². The fourth-order valence-corrected chi connectivity index (χ4v) is 4.13. The maximum Gasteiger partial charge on any atom is 0.225 e. The lowest BCUT2D eigenvalue weighted by Gasteiger charge is -2.38. The Labute approximate surface area is 192 Å². The maximum absolute atomic E-state index is 13.0. The number of hydrogen-bond donors (Lipinski definition) is 2. The molecule has 0 spiro atoms. The zero-order chi connectivity index (χ0) is 18.6. The van der Waals surface area contributed by atoms with Gasteiger partial charge in [-0.3, -0.25) is 9.69 Å². The molecule has 0 bridgehead atoms. The van der Waals surface area contributed by atoms with Crippen molar-refractivity contribution in [1.82, 2.24) is 10.2 Å². The molecule has 0 aromatic heterocycles. The van der Waals surface area contributed by atoms with Crippen LogP contribution in [0.2, 0.25) is 0 Å². The van der Waals surface area contributed by atoms with Crippen LogP contribution >= 0.6 is 37.2 Å². The van der Waals surface area contributed by atoms with E-state index in [4.69, 9.17) is 5.73 Å². The summed E-state index contributed by atoms with van der Waals surface area (Å²) in [4.78, 5) is 17.1. The number of amides is 1. The molecule has 1 aliphatic carbocycles. The Bertz CT molecular complexity index is 610. The summed E-state index contributed by atoms with van der Waals surface area (Å²) in [7, 11) is 0. The Hall–Kier alpha value is -0.790. The van der Waals surface area contributed by atoms with E-state index in [2.05, 4.69) is 15.1 Å². The monoisotopic (exact) mass is 470 g/mol. The molecule has 29 heavy (non-hydrogen) atoms. The van der Waals surface area contributed by atoms with Gasteiger partial charge in [0.2, 0.25) is 5.91 Å². The number of rotatable bonds is 5. The second kappa shape index (κ2) is 12.8. The van der Waals surface area contributed by atoms with E-state index < -0.39 is 0 Å². The number of piperazine rings is 1. The molecule has 2 fully saturated rings. The van der Waals surface area contributed by atoms with Crippen molar-refractivity contribution in [1.29, 1.82) is 0 Å². The van der Waals surface area contributed by atoms with Crippen molar-refractivity contribution < 1.29 is 9.18 Å². The minimum atomic E-state index is -0.372. The summed E-state index contributed by atoms with van der Waals surface area (Å²) >= 11 is 0. The molecule has 168 valence electrons. The number of benzene rings is 1. The lowest BCUT2D eigenvalue weighted by molar-refractivity contribution is -0.128. The van der Waals surface area contributed by atoms with Crippen LogP contribution in [0.4, 0.5) is 10.1 Å². The molecule has 3 rings (SSSR count). The van der Waals surface area contributed by atoms with E-state index in [0.29, 0.717) is 6.54 Å². The Kier molecular flexibility index (Phi) is 12.5. The lowest BCUT2D eigenvalue weighted by atomic mass is 9.74. The van der Waals surface area contributed by atoms with Crippen LogP contribution in [0.5, 0.6) is 0 Å². The van der Waals surface area contributed by atoms with Gasteiger partial charge in [0.15, 0.2) is 0 Å². The molecule has 2 aliphatic rings. The smallest absolute Gasteiger partial charge is 0.225 e. The molecule has 1 heterocycles. The summed E-state index contributed by atoms with van der Waals surface area (Å²) in [6, 6.07) is 6.68. The zero-order valence-corrected chi connectivity index (χ0v) is 19.4. The summed E-state index contributed by atoms with van der Waals surface area (Å²) < 4.78 is 13.0. The highest BCUT2D eigenvalue weighted by Crippen LogP contribution is 2.31. The van der Waals surface area contributed by atoms with Crippen molar-refractivity contribution in [3.05, 3.63) is 30.1 Å². The molecule has 1 aromatic rings. The number of carbonyl (C=O) groups is 1. The first-order valence-corrected chi connectivity index (χ1v) is 9.75. The first kappa shape index (κ1) is 28.2. The van der Waals surface area contributed by atoms with Crippen LogP contribution < -0.4 is 16.0 Å². The highest BCUT2D eigenvalue weighted by Gasteiger charge is 2.37. The maximum atomic E-state index is 13.0. The summed E-state index contributed by atoms with van der Waals surface area (Å²) in [5, 5.41) is 3.09. The van der Waals surface area contributed by atoms with Crippen LogP contribution in [0, 0.1) is 11.7 Å². The molecule has 3 N–H and O–H groups in total. The summed E-state index contributed by atoms with van der Waals surface area (Å²) in [5.41, 5.74) is 7.01. The first-order chi connectivity index (χ1) is 12.5. The van der Waals surface area contributed by atoms with E-state index in [9.17, 15) is 9.18 Å². The van der Waals surface area contributed by atoms with Crippen molar-refractivity contribution in [3.8, 4) is 0 Å². The van der Waals surface area contributed by atoms with E-state index in [1.807, 2.05) is 19.1 Å². The second-order valence-electron chi connectivity index (χ2n) is 7.90. The molecule has 5 nitrogen and oxygen atoms in total. The van der Waals surface area contributed by atoms with Gasteiger partial charge in [0.05, 0.1) is 5.92 Å². The Balaban J connectivity index is 0.00000261. The number of carbonyl (C=O) groups excluding carboxylic acids is 1. The quantitative estimate of drug-likeness (QED) is 0.692. The second-order valence-corrected chi connectivity index (χ2v) is 7.90. The number of nitrogens with one attached hydrogen (secondary N) is 1. The summed E-state index contributed by atoms with van der Waals surface area (Å²) in [5.74, 6) is -0.152. The third-order valence-corrected chi connectivity index (χ3v) is 5.86. The molecule has 1 saturated carbocycles. The lowest BCUT2D eigenvalue weighted by Crippen LogP contribution is -2.54. The van der Waals surface area contributed by atoms with Crippen LogP contribution in [0.25, 0.3) is 0 Å². The van der Waals surface area contributed by atoms with E-state index in [1.54, 1.807) is 0 Å². The summed E-state index contributed by atoms with van der Waals surface area (Å²) in [6.45, 7) is 7.27. The molecule has 1 saturated heterocycles. The van der Waals surface area contributed by atoms with Gasteiger partial charge in [-0.2, -0.15) is 0 Å². The fourth-order valence-electron chi connectivity index (χ4n) is 4.13. The minimum absolute atomic E-state index is 0. The van der Waals surface area contributed by atoms with Gasteiger partial charge in [0, 0.05) is 50.5 Å². The SMILES string of the molecule is CC1(N)CCCCC1C(=O)NCCN1CCN(c2ccc(F)cc2)CC1.Cl.Cl.Cl.